The molecule has 0 unspecified atom stereocenters. The SMILES string of the molecule is O=C(NCc1cccc(Br)c1)c1cccc(Br)c1. The minimum absolute atomic E-state index is 0.0729. The van der Waals surface area contributed by atoms with Crippen LogP contribution in [0.2, 0.25) is 0 Å². The third-order valence-corrected chi connectivity index (χ3v) is 3.42. The lowest BCUT2D eigenvalue weighted by Gasteiger charge is -2.06. The van der Waals surface area contributed by atoms with Crippen LogP contribution in [-0.4, -0.2) is 5.91 Å². The van der Waals surface area contributed by atoms with E-state index in [1.807, 2.05) is 36.4 Å². The van der Waals surface area contributed by atoms with E-state index >= 15 is 0 Å². The lowest BCUT2D eigenvalue weighted by Crippen LogP contribution is -2.22. The van der Waals surface area contributed by atoms with E-state index in [2.05, 4.69) is 37.2 Å². The zero-order valence-corrected chi connectivity index (χ0v) is 12.7. The number of halogens is 2. The summed E-state index contributed by atoms with van der Waals surface area (Å²) in [7, 11) is 0. The average Bonchev–Trinajstić information content (AvgIpc) is 2.36. The van der Waals surface area contributed by atoms with Crippen molar-refractivity contribution in [3.05, 3.63) is 68.6 Å². The Labute approximate surface area is 123 Å². The predicted molar refractivity (Wildman–Crippen MR) is 79.5 cm³/mol. The van der Waals surface area contributed by atoms with E-state index in [1.54, 1.807) is 12.1 Å². The fourth-order valence-corrected chi connectivity index (χ4v) is 2.41. The fraction of sp³-hybridized carbons (Fsp3) is 0.0714. The molecule has 2 aromatic carbocycles. The number of nitrogens with one attached hydrogen (secondary N) is 1. The summed E-state index contributed by atoms with van der Waals surface area (Å²) in [6.45, 7) is 0.519. The molecule has 0 aliphatic rings. The number of hydrogen-bond donors (Lipinski definition) is 1. The monoisotopic (exact) mass is 367 g/mol. The molecule has 0 atom stereocenters. The lowest BCUT2D eigenvalue weighted by atomic mass is 10.2. The van der Waals surface area contributed by atoms with Gasteiger partial charge in [-0.2, -0.15) is 0 Å². The van der Waals surface area contributed by atoms with Crippen LogP contribution in [0.5, 0.6) is 0 Å². The molecule has 0 aromatic heterocycles. The molecule has 0 bridgehead atoms. The molecule has 0 fully saturated rings. The number of hydrogen-bond acceptors (Lipinski definition) is 1. The van der Waals surface area contributed by atoms with E-state index in [0.717, 1.165) is 14.5 Å². The third-order valence-electron chi connectivity index (χ3n) is 2.43. The van der Waals surface area contributed by atoms with E-state index < -0.39 is 0 Å². The first-order valence-corrected chi connectivity index (χ1v) is 7.02. The van der Waals surface area contributed by atoms with Crippen LogP contribution in [0.15, 0.2) is 57.5 Å². The van der Waals surface area contributed by atoms with E-state index in [4.69, 9.17) is 0 Å². The van der Waals surface area contributed by atoms with Crippen LogP contribution in [0, 0.1) is 0 Å². The molecule has 4 heteroatoms. The smallest absolute Gasteiger partial charge is 0.251 e. The van der Waals surface area contributed by atoms with Crippen molar-refractivity contribution in [1.29, 1.82) is 0 Å². The summed E-state index contributed by atoms with van der Waals surface area (Å²) >= 11 is 6.75. The zero-order valence-electron chi connectivity index (χ0n) is 9.49. The van der Waals surface area contributed by atoms with Gasteiger partial charge in [0.1, 0.15) is 0 Å². The molecule has 2 aromatic rings. The summed E-state index contributed by atoms with van der Waals surface area (Å²) in [5.74, 6) is -0.0729. The normalized spacial score (nSPS) is 10.1. The van der Waals surface area contributed by atoms with Crippen molar-refractivity contribution in [2.75, 3.05) is 0 Å². The summed E-state index contributed by atoms with van der Waals surface area (Å²) in [6.07, 6.45) is 0. The molecule has 1 N–H and O–H groups in total. The Hall–Kier alpha value is -1.13. The average molecular weight is 369 g/mol. The van der Waals surface area contributed by atoms with Crippen LogP contribution >= 0.6 is 31.9 Å². The van der Waals surface area contributed by atoms with Crippen molar-refractivity contribution >= 4 is 37.8 Å². The quantitative estimate of drug-likeness (QED) is 0.866. The minimum Gasteiger partial charge on any atom is -0.348 e. The molecule has 0 spiro atoms. The van der Waals surface area contributed by atoms with Crippen LogP contribution in [-0.2, 0) is 6.54 Å². The number of carbonyl (C=O) groups excluding carboxylic acids is 1. The summed E-state index contributed by atoms with van der Waals surface area (Å²) in [5, 5.41) is 2.89. The van der Waals surface area contributed by atoms with E-state index in [-0.39, 0.29) is 5.91 Å². The maximum Gasteiger partial charge on any atom is 0.251 e. The largest absolute Gasteiger partial charge is 0.348 e. The first kappa shape index (κ1) is 13.3. The van der Waals surface area contributed by atoms with Crippen LogP contribution < -0.4 is 5.32 Å². The molecule has 0 radical (unpaired) electrons. The van der Waals surface area contributed by atoms with Gasteiger partial charge in [-0.25, -0.2) is 0 Å². The first-order valence-electron chi connectivity index (χ1n) is 5.43. The van der Waals surface area contributed by atoms with Gasteiger partial charge in [-0.1, -0.05) is 50.1 Å². The van der Waals surface area contributed by atoms with Crippen LogP contribution in [0.25, 0.3) is 0 Å². The fourth-order valence-electron chi connectivity index (χ4n) is 1.56. The highest BCUT2D eigenvalue weighted by Gasteiger charge is 2.05. The Morgan fingerprint density at radius 3 is 2.33 bits per heavy atom. The molecule has 0 aliphatic carbocycles. The van der Waals surface area contributed by atoms with Gasteiger partial charge in [0.25, 0.3) is 5.91 Å². The van der Waals surface area contributed by atoms with Gasteiger partial charge in [0.15, 0.2) is 0 Å². The number of benzene rings is 2. The second-order valence-corrected chi connectivity index (χ2v) is 5.65. The zero-order chi connectivity index (χ0) is 13.0. The van der Waals surface area contributed by atoms with Gasteiger partial charge in [-0.05, 0) is 35.9 Å². The second-order valence-electron chi connectivity index (χ2n) is 3.82. The van der Waals surface area contributed by atoms with Crippen molar-refractivity contribution in [2.24, 2.45) is 0 Å². The van der Waals surface area contributed by atoms with Crippen molar-refractivity contribution in [1.82, 2.24) is 5.32 Å². The number of amides is 1. The highest BCUT2D eigenvalue weighted by Crippen LogP contribution is 2.13. The topological polar surface area (TPSA) is 29.1 Å². The molecule has 92 valence electrons. The molecular formula is C14H11Br2NO. The molecular weight excluding hydrogens is 358 g/mol. The van der Waals surface area contributed by atoms with E-state index in [0.29, 0.717) is 12.1 Å². The van der Waals surface area contributed by atoms with Gasteiger partial charge in [0, 0.05) is 21.1 Å². The highest BCUT2D eigenvalue weighted by atomic mass is 79.9. The van der Waals surface area contributed by atoms with Gasteiger partial charge in [-0.3, -0.25) is 4.79 Å². The van der Waals surface area contributed by atoms with E-state index in [1.165, 1.54) is 0 Å². The molecule has 2 nitrogen and oxygen atoms in total. The van der Waals surface area contributed by atoms with Crippen molar-refractivity contribution in [2.45, 2.75) is 6.54 Å². The molecule has 18 heavy (non-hydrogen) atoms. The summed E-state index contributed by atoms with van der Waals surface area (Å²) in [5.41, 5.74) is 1.71. The van der Waals surface area contributed by atoms with Gasteiger partial charge >= 0.3 is 0 Å². The molecule has 0 saturated carbocycles. The van der Waals surface area contributed by atoms with Crippen LogP contribution in [0.4, 0.5) is 0 Å². The van der Waals surface area contributed by atoms with Gasteiger partial charge in [0.2, 0.25) is 0 Å². The van der Waals surface area contributed by atoms with Crippen LogP contribution in [0.1, 0.15) is 15.9 Å². The minimum atomic E-state index is -0.0729. The third kappa shape index (κ3) is 3.68. The molecule has 0 aliphatic heterocycles. The van der Waals surface area contributed by atoms with Gasteiger partial charge < -0.3 is 5.32 Å². The Morgan fingerprint density at radius 1 is 1.00 bits per heavy atom. The van der Waals surface area contributed by atoms with Crippen molar-refractivity contribution in [3.8, 4) is 0 Å². The Balaban J connectivity index is 2.00. The standard InChI is InChI=1S/C14H11Br2NO/c15-12-5-1-3-10(7-12)9-17-14(18)11-4-2-6-13(16)8-11/h1-8H,9H2,(H,17,18). The Bertz CT molecular complexity index is 569. The Morgan fingerprint density at radius 2 is 1.67 bits per heavy atom. The van der Waals surface area contributed by atoms with Crippen LogP contribution in [0.3, 0.4) is 0 Å². The first-order chi connectivity index (χ1) is 8.65. The molecule has 1 amide bonds. The highest BCUT2D eigenvalue weighted by molar-refractivity contribution is 9.10. The second kappa shape index (κ2) is 6.16. The van der Waals surface area contributed by atoms with Gasteiger partial charge in [-0.15, -0.1) is 0 Å². The van der Waals surface area contributed by atoms with Gasteiger partial charge in [0.05, 0.1) is 0 Å². The number of carbonyl (C=O) groups is 1. The maximum absolute atomic E-state index is 11.9. The summed E-state index contributed by atoms with van der Waals surface area (Å²) in [6, 6.07) is 15.2. The summed E-state index contributed by atoms with van der Waals surface area (Å²) in [4.78, 5) is 11.9. The summed E-state index contributed by atoms with van der Waals surface area (Å²) < 4.78 is 1.91. The van der Waals surface area contributed by atoms with E-state index in [9.17, 15) is 4.79 Å². The maximum atomic E-state index is 11.9. The molecule has 2 rings (SSSR count). The molecule has 0 heterocycles. The van der Waals surface area contributed by atoms with Crippen molar-refractivity contribution < 1.29 is 4.79 Å². The Kier molecular flexibility index (Phi) is 4.55. The number of rotatable bonds is 3. The predicted octanol–water partition coefficient (Wildman–Crippen LogP) is 4.14. The van der Waals surface area contributed by atoms with Crippen molar-refractivity contribution in [3.63, 3.8) is 0 Å². The lowest BCUT2D eigenvalue weighted by molar-refractivity contribution is 0.0951. The molecule has 0 saturated heterocycles.